The van der Waals surface area contributed by atoms with Crippen LogP contribution in [0.2, 0.25) is 10.0 Å². The second kappa shape index (κ2) is 5.55. The Morgan fingerprint density at radius 3 is 2.86 bits per heavy atom. The summed E-state index contributed by atoms with van der Waals surface area (Å²) in [6.07, 6.45) is 1.44. The highest BCUT2D eigenvalue weighted by Crippen LogP contribution is 2.31. The molecule has 0 aliphatic carbocycles. The smallest absolute Gasteiger partial charge is 0.263 e. The number of nitrogen functional groups attached to an aromatic ring is 1. The largest absolute Gasteiger partial charge is 0.455 e. The Hall–Kier alpha value is -2.38. The summed E-state index contributed by atoms with van der Waals surface area (Å²) < 4.78 is 5.63. The maximum absolute atomic E-state index is 6.12. The maximum atomic E-state index is 6.12. The monoisotopic (exact) mass is 322 g/mol. The van der Waals surface area contributed by atoms with Crippen LogP contribution in [0.15, 0.2) is 39.9 Å². The summed E-state index contributed by atoms with van der Waals surface area (Å²) in [6.45, 7) is 0. The second-order valence-electron chi connectivity index (χ2n) is 4.00. The number of hydrogen-bond donors (Lipinski definition) is 1. The van der Waals surface area contributed by atoms with Crippen molar-refractivity contribution in [3.63, 3.8) is 0 Å². The number of anilines is 1. The zero-order chi connectivity index (χ0) is 14.8. The normalized spacial score (nSPS) is 11.3. The van der Waals surface area contributed by atoms with Crippen LogP contribution in [0.1, 0.15) is 5.76 Å². The summed E-state index contributed by atoms with van der Waals surface area (Å²) >= 11 is 12.1. The van der Waals surface area contributed by atoms with Crippen LogP contribution in [0.4, 0.5) is 5.95 Å². The molecule has 9 heteroatoms. The summed E-state index contributed by atoms with van der Waals surface area (Å²) in [5.74, 6) is 1.15. The molecule has 0 saturated heterocycles. The number of aromatic nitrogens is 4. The van der Waals surface area contributed by atoms with Gasteiger partial charge in [0.25, 0.3) is 5.95 Å². The van der Waals surface area contributed by atoms with Gasteiger partial charge >= 0.3 is 0 Å². The van der Waals surface area contributed by atoms with Crippen molar-refractivity contribution in [2.24, 2.45) is 5.10 Å². The summed E-state index contributed by atoms with van der Waals surface area (Å²) in [7, 11) is 0. The number of hydrogen-bond acceptors (Lipinski definition) is 6. The standard InChI is InChI=1S/C12H8Cl2N6O/c13-7-1-3-10(14)9(5-7)11-4-2-8(21-11)6-16-20-12(15)17-18-19-20/h1-6H,(H2,15,17,19)/b16-6+. The van der Waals surface area contributed by atoms with Crippen LogP contribution in [-0.4, -0.2) is 26.5 Å². The van der Waals surface area contributed by atoms with Gasteiger partial charge in [0.15, 0.2) is 0 Å². The molecule has 106 valence electrons. The van der Waals surface area contributed by atoms with Gasteiger partial charge in [0.05, 0.1) is 11.2 Å². The predicted octanol–water partition coefficient (Wildman–Crippen LogP) is 2.70. The molecule has 0 atom stereocenters. The minimum Gasteiger partial charge on any atom is -0.455 e. The summed E-state index contributed by atoms with van der Waals surface area (Å²) in [4.78, 5) is 1.08. The SMILES string of the molecule is Nc1nnnn1/N=C/c1ccc(-c2cc(Cl)ccc2Cl)o1. The zero-order valence-electron chi connectivity index (χ0n) is 10.4. The molecule has 0 radical (unpaired) electrons. The van der Waals surface area contributed by atoms with Crippen molar-refractivity contribution in [3.8, 4) is 11.3 Å². The second-order valence-corrected chi connectivity index (χ2v) is 4.84. The lowest BCUT2D eigenvalue weighted by Crippen LogP contribution is -1.99. The summed E-state index contributed by atoms with van der Waals surface area (Å²) in [5, 5.41) is 15.5. The van der Waals surface area contributed by atoms with Crippen LogP contribution in [0, 0.1) is 0 Å². The van der Waals surface area contributed by atoms with Crippen molar-refractivity contribution in [1.29, 1.82) is 0 Å². The van der Waals surface area contributed by atoms with Crippen LogP contribution in [0.25, 0.3) is 11.3 Å². The highest BCUT2D eigenvalue weighted by Gasteiger charge is 2.09. The number of benzene rings is 1. The predicted molar refractivity (Wildman–Crippen MR) is 79.4 cm³/mol. The molecule has 0 spiro atoms. The highest BCUT2D eigenvalue weighted by molar-refractivity contribution is 6.35. The van der Waals surface area contributed by atoms with Gasteiger partial charge in [0.2, 0.25) is 0 Å². The molecule has 3 rings (SSSR count). The van der Waals surface area contributed by atoms with Crippen LogP contribution >= 0.6 is 23.2 Å². The van der Waals surface area contributed by atoms with E-state index in [2.05, 4.69) is 20.6 Å². The van der Waals surface area contributed by atoms with Crippen molar-refractivity contribution in [1.82, 2.24) is 20.3 Å². The van der Waals surface area contributed by atoms with Crippen LogP contribution in [0.3, 0.4) is 0 Å². The fraction of sp³-hybridized carbons (Fsp3) is 0. The summed E-state index contributed by atoms with van der Waals surface area (Å²) in [5.41, 5.74) is 6.19. The van der Waals surface area contributed by atoms with Crippen molar-refractivity contribution >= 4 is 35.4 Å². The Labute approximate surface area is 129 Å². The average molecular weight is 323 g/mol. The van der Waals surface area contributed by atoms with Crippen LogP contribution in [-0.2, 0) is 0 Å². The Kier molecular flexibility index (Phi) is 3.59. The zero-order valence-corrected chi connectivity index (χ0v) is 12.0. The summed E-state index contributed by atoms with van der Waals surface area (Å²) in [6, 6.07) is 8.64. The maximum Gasteiger partial charge on any atom is 0.263 e. The molecule has 3 aromatic rings. The number of tetrazole rings is 1. The fourth-order valence-corrected chi connectivity index (χ4v) is 2.02. The molecule has 2 N–H and O–H groups in total. The van der Waals surface area contributed by atoms with E-state index < -0.39 is 0 Å². The van der Waals surface area contributed by atoms with E-state index in [1.165, 1.54) is 6.21 Å². The lowest BCUT2D eigenvalue weighted by Gasteiger charge is -2.00. The van der Waals surface area contributed by atoms with Gasteiger partial charge < -0.3 is 10.2 Å². The van der Waals surface area contributed by atoms with E-state index in [0.29, 0.717) is 27.1 Å². The van der Waals surface area contributed by atoms with Crippen molar-refractivity contribution in [3.05, 3.63) is 46.1 Å². The van der Waals surface area contributed by atoms with Gasteiger partial charge in [-0.2, -0.15) is 5.10 Å². The van der Waals surface area contributed by atoms with Gasteiger partial charge in [-0.15, -0.1) is 0 Å². The Morgan fingerprint density at radius 1 is 1.24 bits per heavy atom. The molecule has 2 heterocycles. The van der Waals surface area contributed by atoms with Crippen molar-refractivity contribution in [2.75, 3.05) is 5.73 Å². The molecule has 0 aliphatic heterocycles. The van der Waals surface area contributed by atoms with Gasteiger partial charge in [-0.1, -0.05) is 33.1 Å². The van der Waals surface area contributed by atoms with E-state index in [9.17, 15) is 0 Å². The van der Waals surface area contributed by atoms with E-state index in [-0.39, 0.29) is 5.95 Å². The van der Waals surface area contributed by atoms with Gasteiger partial charge in [0.1, 0.15) is 11.5 Å². The Bertz CT molecular complexity index is 810. The molecule has 0 unspecified atom stereocenters. The van der Waals surface area contributed by atoms with E-state index in [1.807, 2.05) is 0 Å². The molecule has 7 nitrogen and oxygen atoms in total. The van der Waals surface area contributed by atoms with E-state index >= 15 is 0 Å². The molecule has 0 amide bonds. The van der Waals surface area contributed by atoms with Gasteiger partial charge in [0, 0.05) is 10.6 Å². The molecule has 0 bridgehead atoms. The quantitative estimate of drug-likeness (QED) is 0.748. The van der Waals surface area contributed by atoms with Crippen molar-refractivity contribution < 1.29 is 4.42 Å². The van der Waals surface area contributed by atoms with E-state index in [1.54, 1.807) is 30.3 Å². The molecule has 1 aromatic carbocycles. The van der Waals surface area contributed by atoms with Crippen LogP contribution in [0.5, 0.6) is 0 Å². The highest BCUT2D eigenvalue weighted by atomic mass is 35.5. The van der Waals surface area contributed by atoms with Gasteiger partial charge in [-0.05, 0) is 40.8 Å². The fourth-order valence-electron chi connectivity index (χ4n) is 1.64. The number of rotatable bonds is 3. The third-order valence-electron chi connectivity index (χ3n) is 2.59. The molecule has 0 fully saturated rings. The first-order chi connectivity index (χ1) is 10.1. The van der Waals surface area contributed by atoms with Gasteiger partial charge in [-0.3, -0.25) is 0 Å². The third kappa shape index (κ3) is 2.88. The Balaban J connectivity index is 1.88. The number of nitrogens with two attached hydrogens (primary N) is 1. The van der Waals surface area contributed by atoms with E-state index in [4.69, 9.17) is 33.4 Å². The minimum absolute atomic E-state index is 0.0796. The molecule has 0 aliphatic rings. The molecule has 0 saturated carbocycles. The van der Waals surface area contributed by atoms with Crippen molar-refractivity contribution in [2.45, 2.75) is 0 Å². The van der Waals surface area contributed by atoms with Crippen LogP contribution < -0.4 is 5.73 Å². The van der Waals surface area contributed by atoms with E-state index in [0.717, 1.165) is 4.79 Å². The molecular weight excluding hydrogens is 315 g/mol. The minimum atomic E-state index is 0.0796. The topological polar surface area (TPSA) is 95.1 Å². The first-order valence-corrected chi connectivity index (χ1v) is 6.52. The number of furan rings is 1. The lowest BCUT2D eigenvalue weighted by molar-refractivity contribution is 0.573. The number of halogens is 2. The van der Waals surface area contributed by atoms with Gasteiger partial charge in [-0.25, -0.2) is 0 Å². The molecule has 2 aromatic heterocycles. The molecule has 21 heavy (non-hydrogen) atoms. The first-order valence-electron chi connectivity index (χ1n) is 5.77. The Morgan fingerprint density at radius 2 is 2.10 bits per heavy atom. The lowest BCUT2D eigenvalue weighted by atomic mass is 10.2. The average Bonchev–Trinajstić information content (AvgIpc) is 3.08. The first kappa shape index (κ1) is 13.6. The molecular formula is C12H8Cl2N6O. The third-order valence-corrected chi connectivity index (χ3v) is 3.16. The number of nitrogens with zero attached hydrogens (tertiary/aromatic N) is 5.